The Morgan fingerprint density at radius 1 is 1.03 bits per heavy atom. The number of carboxylic acids is 1. The van der Waals surface area contributed by atoms with E-state index in [0.717, 1.165) is 16.8 Å². The lowest BCUT2D eigenvalue weighted by molar-refractivity contribution is -0.255. The van der Waals surface area contributed by atoms with Gasteiger partial charge in [-0.1, -0.05) is 54.6 Å². The fourth-order valence-corrected chi connectivity index (χ4v) is 4.32. The van der Waals surface area contributed by atoms with Gasteiger partial charge in [0.1, 0.15) is 12.4 Å². The molecule has 0 spiro atoms. The lowest BCUT2D eigenvalue weighted by atomic mass is 10.1. The summed E-state index contributed by atoms with van der Waals surface area (Å²) in [5.74, 6) is -0.655. The molecule has 0 radical (unpaired) electrons. The summed E-state index contributed by atoms with van der Waals surface area (Å²) in [5, 5.41) is 11.5. The van der Waals surface area contributed by atoms with Crippen molar-refractivity contribution in [1.29, 1.82) is 0 Å². The first-order valence-corrected chi connectivity index (χ1v) is 11.7. The second kappa shape index (κ2) is 11.5. The number of carbonyl (C=O) groups is 2. The molecule has 4 rings (SSSR count). The summed E-state index contributed by atoms with van der Waals surface area (Å²) in [6, 6.07) is 23.3. The number of carbonyl (C=O) groups excluding carboxylic acids is 2. The van der Waals surface area contributed by atoms with E-state index in [4.69, 9.17) is 9.47 Å². The zero-order valence-electron chi connectivity index (χ0n) is 19.0. The Labute approximate surface area is 207 Å². The van der Waals surface area contributed by atoms with E-state index in [1.54, 1.807) is 24.1 Å². The van der Waals surface area contributed by atoms with Crippen LogP contribution in [0.3, 0.4) is 0 Å². The topological polar surface area (TPSA) is 91.3 Å². The third kappa shape index (κ3) is 6.38. The zero-order valence-corrected chi connectivity index (χ0v) is 19.9. The highest BCUT2D eigenvalue weighted by atomic mass is 32.2. The number of benzene rings is 3. The molecule has 0 aliphatic carbocycles. The number of carboxylic acid groups (broad SMARTS) is 1. The first-order valence-electron chi connectivity index (χ1n) is 10.9. The minimum Gasteiger partial charge on any atom is -0.545 e. The smallest absolute Gasteiger partial charge is 0.266 e. The van der Waals surface area contributed by atoms with Gasteiger partial charge in [0.25, 0.3) is 5.91 Å². The molecular weight excluding hydrogens is 464 g/mol. The second-order valence-electron chi connectivity index (χ2n) is 7.63. The van der Waals surface area contributed by atoms with Crippen LogP contribution in [0.1, 0.15) is 21.5 Å². The van der Waals surface area contributed by atoms with Gasteiger partial charge in [0.05, 0.1) is 29.7 Å². The molecule has 1 heterocycles. The lowest BCUT2D eigenvalue weighted by Crippen LogP contribution is -2.32. The van der Waals surface area contributed by atoms with Crippen molar-refractivity contribution in [2.45, 2.75) is 6.61 Å². The van der Waals surface area contributed by atoms with Crippen LogP contribution in [0.4, 0.5) is 5.69 Å². The Balaban J connectivity index is 1.44. The van der Waals surface area contributed by atoms with Crippen molar-refractivity contribution in [1.82, 2.24) is 4.90 Å². The highest BCUT2D eigenvalue weighted by Crippen LogP contribution is 2.34. The number of hydrogen-bond donors (Lipinski definition) is 0. The molecule has 178 valence electrons. The summed E-state index contributed by atoms with van der Waals surface area (Å²) in [4.78, 5) is 30.8. The van der Waals surface area contributed by atoms with E-state index >= 15 is 0 Å². The molecule has 0 N–H and O–H groups in total. The molecule has 0 bridgehead atoms. The van der Waals surface area contributed by atoms with Gasteiger partial charge < -0.3 is 19.4 Å². The molecule has 35 heavy (non-hydrogen) atoms. The van der Waals surface area contributed by atoms with Gasteiger partial charge in [-0.25, -0.2) is 4.99 Å². The second-order valence-corrected chi connectivity index (χ2v) is 8.64. The maximum Gasteiger partial charge on any atom is 0.266 e. The molecule has 1 saturated heterocycles. The fourth-order valence-electron chi connectivity index (χ4n) is 3.30. The van der Waals surface area contributed by atoms with E-state index in [9.17, 15) is 14.7 Å². The Bertz CT molecular complexity index is 1240. The zero-order chi connectivity index (χ0) is 24.6. The molecule has 0 saturated carbocycles. The standard InChI is InChI=1S/C27H24N2O5S/c1-33-16-15-29-25(30)24(35-27(29)28-22-5-3-2-4-6-22)17-19-9-13-23(14-10-19)34-18-20-7-11-21(12-8-20)26(31)32/h2-14,17H,15-16,18H2,1H3,(H,31,32)/p-1/b24-17-,28-27?. The van der Waals surface area contributed by atoms with Crippen LogP contribution in [0.25, 0.3) is 6.08 Å². The molecule has 0 aromatic heterocycles. The Kier molecular flexibility index (Phi) is 7.97. The average Bonchev–Trinajstić information content (AvgIpc) is 3.16. The monoisotopic (exact) mass is 487 g/mol. The predicted octanol–water partition coefficient (Wildman–Crippen LogP) is 3.88. The highest BCUT2D eigenvalue weighted by Gasteiger charge is 2.33. The van der Waals surface area contributed by atoms with Crippen LogP contribution in [0.5, 0.6) is 5.75 Å². The number of amidine groups is 1. The Hall–Kier alpha value is -3.88. The maximum atomic E-state index is 13.0. The predicted molar refractivity (Wildman–Crippen MR) is 134 cm³/mol. The van der Waals surface area contributed by atoms with Crippen LogP contribution in [-0.4, -0.2) is 42.2 Å². The summed E-state index contributed by atoms with van der Waals surface area (Å²) >= 11 is 1.34. The summed E-state index contributed by atoms with van der Waals surface area (Å²) in [5.41, 5.74) is 2.61. The van der Waals surface area contributed by atoms with E-state index in [1.807, 2.05) is 60.7 Å². The number of para-hydroxylation sites is 1. The van der Waals surface area contributed by atoms with E-state index in [2.05, 4.69) is 4.99 Å². The van der Waals surface area contributed by atoms with E-state index in [1.165, 1.54) is 23.9 Å². The van der Waals surface area contributed by atoms with Crippen LogP contribution in [0.2, 0.25) is 0 Å². The minimum atomic E-state index is -1.21. The number of hydrogen-bond acceptors (Lipinski definition) is 7. The van der Waals surface area contributed by atoms with Gasteiger partial charge in [0.15, 0.2) is 5.17 Å². The van der Waals surface area contributed by atoms with Gasteiger partial charge in [0, 0.05) is 7.11 Å². The van der Waals surface area contributed by atoms with Gasteiger partial charge >= 0.3 is 0 Å². The summed E-state index contributed by atoms with van der Waals surface area (Å²) in [7, 11) is 1.60. The number of amides is 1. The molecular formula is C27H23N2O5S-. The first-order chi connectivity index (χ1) is 17.0. The highest BCUT2D eigenvalue weighted by molar-refractivity contribution is 8.18. The lowest BCUT2D eigenvalue weighted by Gasteiger charge is -2.14. The first kappa shape index (κ1) is 24.3. The molecule has 0 unspecified atom stereocenters. The van der Waals surface area contributed by atoms with Gasteiger partial charge in [-0.3, -0.25) is 9.69 Å². The molecule has 3 aromatic carbocycles. The van der Waals surface area contributed by atoms with Gasteiger partial charge in [0.2, 0.25) is 0 Å². The molecule has 1 aliphatic heterocycles. The molecule has 8 heteroatoms. The normalized spacial score (nSPS) is 15.7. The van der Waals surface area contributed by atoms with Crippen molar-refractivity contribution >= 4 is 40.6 Å². The molecule has 7 nitrogen and oxygen atoms in total. The Morgan fingerprint density at radius 3 is 2.40 bits per heavy atom. The average molecular weight is 488 g/mol. The largest absolute Gasteiger partial charge is 0.545 e. The number of thioether (sulfide) groups is 1. The Morgan fingerprint density at radius 2 is 1.74 bits per heavy atom. The van der Waals surface area contributed by atoms with Gasteiger partial charge in [-0.15, -0.1) is 0 Å². The third-order valence-corrected chi connectivity index (χ3v) is 6.17. The van der Waals surface area contributed by atoms with Crippen LogP contribution in [0, 0.1) is 0 Å². The van der Waals surface area contributed by atoms with Crippen molar-refractivity contribution < 1.29 is 24.2 Å². The number of ether oxygens (including phenoxy) is 2. The number of nitrogens with zero attached hydrogens (tertiary/aromatic N) is 2. The van der Waals surface area contributed by atoms with Crippen LogP contribution >= 0.6 is 11.8 Å². The molecule has 3 aromatic rings. The SMILES string of the molecule is COCCN1C(=O)/C(=C/c2ccc(OCc3ccc(C(=O)[O-])cc3)cc2)SC1=Nc1ccccc1. The summed E-state index contributed by atoms with van der Waals surface area (Å²) in [6.07, 6.45) is 1.84. The fraction of sp³-hybridized carbons (Fsp3) is 0.148. The van der Waals surface area contributed by atoms with Crippen molar-refractivity contribution in [2.24, 2.45) is 4.99 Å². The third-order valence-electron chi connectivity index (χ3n) is 5.16. The van der Waals surface area contributed by atoms with Crippen LogP contribution < -0.4 is 9.84 Å². The molecule has 1 fully saturated rings. The number of aromatic carboxylic acids is 1. The van der Waals surface area contributed by atoms with Gasteiger partial charge in [-0.2, -0.15) is 0 Å². The van der Waals surface area contributed by atoms with E-state index in [-0.39, 0.29) is 11.5 Å². The van der Waals surface area contributed by atoms with E-state index in [0.29, 0.717) is 35.6 Å². The van der Waals surface area contributed by atoms with Crippen LogP contribution in [0.15, 0.2) is 88.8 Å². The maximum absolute atomic E-state index is 13.0. The van der Waals surface area contributed by atoms with Crippen LogP contribution in [-0.2, 0) is 16.1 Å². The van der Waals surface area contributed by atoms with Gasteiger partial charge in [-0.05, 0) is 58.8 Å². The van der Waals surface area contributed by atoms with Crippen molar-refractivity contribution in [3.8, 4) is 5.75 Å². The quantitative estimate of drug-likeness (QED) is 0.426. The van der Waals surface area contributed by atoms with Crippen molar-refractivity contribution in [2.75, 3.05) is 20.3 Å². The van der Waals surface area contributed by atoms with E-state index < -0.39 is 5.97 Å². The van der Waals surface area contributed by atoms with Crippen molar-refractivity contribution in [3.05, 3.63) is 100 Å². The van der Waals surface area contributed by atoms with Crippen molar-refractivity contribution in [3.63, 3.8) is 0 Å². The summed E-state index contributed by atoms with van der Waals surface area (Å²) < 4.78 is 11.0. The minimum absolute atomic E-state index is 0.109. The number of rotatable bonds is 9. The number of methoxy groups -OCH3 is 1. The summed E-state index contributed by atoms with van der Waals surface area (Å²) in [6.45, 7) is 1.13. The number of aliphatic imine (C=N–C) groups is 1. The molecule has 0 atom stereocenters. The molecule has 1 amide bonds. The molecule has 1 aliphatic rings.